The van der Waals surface area contributed by atoms with Crippen molar-refractivity contribution in [1.82, 2.24) is 15.5 Å². The van der Waals surface area contributed by atoms with Crippen LogP contribution in [0.4, 0.5) is 4.39 Å². The van der Waals surface area contributed by atoms with Gasteiger partial charge in [-0.2, -0.15) is 0 Å². The van der Waals surface area contributed by atoms with Crippen molar-refractivity contribution in [1.29, 1.82) is 0 Å². The molecule has 1 aromatic carbocycles. The molecule has 3 amide bonds. The molecule has 0 radical (unpaired) electrons. The monoisotopic (exact) mass is 399 g/mol. The van der Waals surface area contributed by atoms with Crippen LogP contribution < -0.4 is 10.6 Å². The van der Waals surface area contributed by atoms with Crippen LogP contribution in [0.3, 0.4) is 0 Å². The third-order valence-electron chi connectivity index (χ3n) is 6.43. The number of hydrogen-bond acceptors (Lipinski definition) is 4. The normalized spacial score (nSPS) is 34.4. The van der Waals surface area contributed by atoms with E-state index in [9.17, 15) is 18.8 Å². The lowest BCUT2D eigenvalue weighted by molar-refractivity contribution is -0.142. The fraction of sp³-hybridized carbons (Fsp3) is 0.476. The van der Waals surface area contributed by atoms with Gasteiger partial charge in [0.1, 0.15) is 17.5 Å². The summed E-state index contributed by atoms with van der Waals surface area (Å²) < 4.78 is 19.3. The second-order valence-electron chi connectivity index (χ2n) is 8.14. The first-order valence-electron chi connectivity index (χ1n) is 9.89. The van der Waals surface area contributed by atoms with Crippen molar-refractivity contribution < 1.29 is 23.5 Å². The molecule has 1 saturated carbocycles. The van der Waals surface area contributed by atoms with Crippen LogP contribution in [-0.2, 0) is 25.7 Å². The number of benzene rings is 1. The topological polar surface area (TPSA) is 87.7 Å². The lowest BCUT2D eigenvalue weighted by Crippen LogP contribution is -2.55. The van der Waals surface area contributed by atoms with Crippen molar-refractivity contribution in [2.24, 2.45) is 11.8 Å². The number of carbonyl (C=O) groups is 3. The van der Waals surface area contributed by atoms with E-state index in [1.165, 1.54) is 19.2 Å². The number of fused-ring (bicyclic) bond motifs is 1. The van der Waals surface area contributed by atoms with E-state index in [0.717, 1.165) is 18.4 Å². The Labute approximate surface area is 167 Å². The van der Waals surface area contributed by atoms with Crippen LogP contribution in [0.2, 0.25) is 0 Å². The van der Waals surface area contributed by atoms with Gasteiger partial charge in [-0.3, -0.25) is 14.4 Å². The van der Waals surface area contributed by atoms with Crippen molar-refractivity contribution in [2.75, 3.05) is 7.05 Å². The average Bonchev–Trinajstić information content (AvgIpc) is 3.32. The van der Waals surface area contributed by atoms with Crippen molar-refractivity contribution in [3.05, 3.63) is 47.8 Å². The maximum absolute atomic E-state index is 13.3. The number of amides is 3. The second-order valence-corrected chi connectivity index (χ2v) is 8.14. The molecule has 1 spiro atoms. The van der Waals surface area contributed by atoms with E-state index in [4.69, 9.17) is 4.74 Å². The Bertz CT molecular complexity index is 913. The predicted octanol–water partition coefficient (Wildman–Crippen LogP) is 0.501. The molecule has 0 aromatic heterocycles. The lowest BCUT2D eigenvalue weighted by Gasteiger charge is -2.32. The average molecular weight is 399 g/mol. The summed E-state index contributed by atoms with van der Waals surface area (Å²) >= 11 is 0. The number of carbonyl (C=O) groups excluding carboxylic acids is 3. The standard InChI is InChI=1S/C21H22FN3O4/c1-23-18(26)15-14-8-9-21(29-14)16(15)20(28)25(13-6-7-13)17(21)19(27)24-10-11-2-4-12(22)5-3-11/h2-5,8-9,13-17H,6-7,10H2,1H3,(H,23,26)(H,24,27)/t14-,15-,16+,17-,21-/m1/s1. The molecular formula is C21H22FN3O4. The van der Waals surface area contributed by atoms with Gasteiger partial charge >= 0.3 is 0 Å². The van der Waals surface area contributed by atoms with Gasteiger partial charge in [-0.15, -0.1) is 0 Å². The number of nitrogens with zero attached hydrogens (tertiary/aromatic N) is 1. The highest BCUT2D eigenvalue weighted by Gasteiger charge is 2.73. The van der Waals surface area contributed by atoms with E-state index in [-0.39, 0.29) is 36.1 Å². The number of nitrogens with one attached hydrogen (secondary N) is 2. The molecule has 3 aliphatic heterocycles. The number of halogens is 1. The van der Waals surface area contributed by atoms with Gasteiger partial charge in [0.2, 0.25) is 17.7 Å². The van der Waals surface area contributed by atoms with Crippen LogP contribution in [0.1, 0.15) is 18.4 Å². The number of likely N-dealkylation sites (tertiary alicyclic amines) is 1. The molecule has 1 aromatic rings. The van der Waals surface area contributed by atoms with Crippen molar-refractivity contribution >= 4 is 17.7 Å². The smallest absolute Gasteiger partial charge is 0.246 e. The lowest BCUT2D eigenvalue weighted by atomic mass is 9.74. The molecule has 1 aliphatic carbocycles. The summed E-state index contributed by atoms with van der Waals surface area (Å²) in [4.78, 5) is 40.7. The maximum Gasteiger partial charge on any atom is 0.246 e. The van der Waals surface area contributed by atoms with Gasteiger partial charge in [-0.1, -0.05) is 24.3 Å². The highest BCUT2D eigenvalue weighted by Crippen LogP contribution is 2.56. The van der Waals surface area contributed by atoms with Crippen molar-refractivity contribution in [2.45, 2.75) is 43.2 Å². The van der Waals surface area contributed by atoms with Gasteiger partial charge in [0.15, 0.2) is 0 Å². The van der Waals surface area contributed by atoms with Gasteiger partial charge < -0.3 is 20.3 Å². The highest BCUT2D eigenvalue weighted by molar-refractivity contribution is 6.00. The summed E-state index contributed by atoms with van der Waals surface area (Å²) in [6, 6.07) is 5.08. The van der Waals surface area contributed by atoms with Gasteiger partial charge in [0, 0.05) is 19.6 Å². The molecule has 2 N–H and O–H groups in total. The zero-order valence-corrected chi connectivity index (χ0v) is 15.9. The molecule has 8 heteroatoms. The first kappa shape index (κ1) is 18.3. The highest BCUT2D eigenvalue weighted by atomic mass is 19.1. The summed E-state index contributed by atoms with van der Waals surface area (Å²) in [7, 11) is 1.54. The van der Waals surface area contributed by atoms with Gasteiger partial charge in [-0.25, -0.2) is 4.39 Å². The number of hydrogen-bond donors (Lipinski definition) is 2. The summed E-state index contributed by atoms with van der Waals surface area (Å²) in [5.41, 5.74) is -0.361. The predicted molar refractivity (Wildman–Crippen MR) is 99.7 cm³/mol. The van der Waals surface area contributed by atoms with E-state index in [2.05, 4.69) is 10.6 Å². The second kappa shape index (κ2) is 6.38. The molecule has 7 nitrogen and oxygen atoms in total. The fourth-order valence-electron chi connectivity index (χ4n) is 5.01. The maximum atomic E-state index is 13.3. The molecule has 3 heterocycles. The first-order chi connectivity index (χ1) is 14.0. The van der Waals surface area contributed by atoms with Crippen LogP contribution in [-0.4, -0.2) is 53.5 Å². The molecular weight excluding hydrogens is 377 g/mol. The number of rotatable bonds is 5. The third kappa shape index (κ3) is 2.62. The third-order valence-corrected chi connectivity index (χ3v) is 6.43. The molecule has 4 aliphatic rings. The van der Waals surface area contributed by atoms with Crippen LogP contribution in [0.25, 0.3) is 0 Å². The fourth-order valence-corrected chi connectivity index (χ4v) is 5.01. The Balaban J connectivity index is 1.44. The zero-order chi connectivity index (χ0) is 20.3. The Kier molecular flexibility index (Phi) is 4.03. The molecule has 152 valence electrons. The molecule has 5 rings (SSSR count). The molecule has 0 unspecified atom stereocenters. The van der Waals surface area contributed by atoms with Crippen LogP contribution >= 0.6 is 0 Å². The van der Waals surface area contributed by atoms with E-state index >= 15 is 0 Å². The van der Waals surface area contributed by atoms with Gasteiger partial charge in [0.05, 0.1) is 17.9 Å². The van der Waals surface area contributed by atoms with Gasteiger partial charge in [-0.05, 0) is 30.5 Å². The summed E-state index contributed by atoms with van der Waals surface area (Å²) in [5, 5.41) is 5.49. The van der Waals surface area contributed by atoms with E-state index in [1.54, 1.807) is 29.2 Å². The molecule has 3 fully saturated rings. The minimum Gasteiger partial charge on any atom is -0.359 e. The Hall–Kier alpha value is -2.74. The summed E-state index contributed by atoms with van der Waals surface area (Å²) in [6.07, 6.45) is 4.77. The van der Waals surface area contributed by atoms with Crippen LogP contribution in [0.5, 0.6) is 0 Å². The van der Waals surface area contributed by atoms with E-state index in [0.29, 0.717) is 0 Å². The summed E-state index contributed by atoms with van der Waals surface area (Å²) in [5.74, 6) is -2.42. The summed E-state index contributed by atoms with van der Waals surface area (Å²) in [6.45, 7) is 0.217. The van der Waals surface area contributed by atoms with Crippen LogP contribution in [0.15, 0.2) is 36.4 Å². The minimum absolute atomic E-state index is 0.00503. The van der Waals surface area contributed by atoms with Crippen molar-refractivity contribution in [3.63, 3.8) is 0 Å². The largest absolute Gasteiger partial charge is 0.359 e. The van der Waals surface area contributed by atoms with Crippen LogP contribution in [0, 0.1) is 17.7 Å². The SMILES string of the molecule is CNC(=O)[C@H]1[C@H]2C(=O)N(C3CC3)[C@H](C(=O)NCc3ccc(F)cc3)[C@@]23C=C[C@H]1O3. The number of ether oxygens (including phenoxy) is 1. The molecule has 5 atom stereocenters. The first-order valence-corrected chi connectivity index (χ1v) is 9.89. The van der Waals surface area contributed by atoms with Crippen molar-refractivity contribution in [3.8, 4) is 0 Å². The Morgan fingerprint density at radius 2 is 1.97 bits per heavy atom. The van der Waals surface area contributed by atoms with E-state index in [1.807, 2.05) is 0 Å². The van der Waals surface area contributed by atoms with E-state index < -0.39 is 29.6 Å². The Morgan fingerprint density at radius 3 is 2.62 bits per heavy atom. The molecule has 2 saturated heterocycles. The van der Waals surface area contributed by atoms with Gasteiger partial charge in [0.25, 0.3) is 0 Å². The molecule has 29 heavy (non-hydrogen) atoms. The zero-order valence-electron chi connectivity index (χ0n) is 15.9. The molecule has 2 bridgehead atoms. The quantitative estimate of drug-likeness (QED) is 0.706. The minimum atomic E-state index is -1.12. The Morgan fingerprint density at radius 1 is 1.24 bits per heavy atom.